The molecule has 1 atom stereocenters. The average Bonchev–Trinajstić information content (AvgIpc) is 3.00. The summed E-state index contributed by atoms with van der Waals surface area (Å²) in [6, 6.07) is 0.951. The highest BCUT2D eigenvalue weighted by Gasteiger charge is 2.37. The van der Waals surface area contributed by atoms with E-state index in [0.29, 0.717) is 18.7 Å². The van der Waals surface area contributed by atoms with Crippen LogP contribution in [0.3, 0.4) is 0 Å². The molecule has 144 valence electrons. The lowest BCUT2D eigenvalue weighted by Crippen LogP contribution is -2.11. The monoisotopic (exact) mass is 384 g/mol. The standard InChI is InChI=1S/C15H14F6N2O3/c1-3-24-8(2)13-22-12(26-23-13)7-25-11-5-9(14(16,17)18)4-10(6-11)15(19,20)21/h4-6,8H,3,7H2,1-2H3. The molecule has 0 amide bonds. The minimum atomic E-state index is -4.95. The van der Waals surface area contributed by atoms with Crippen LogP contribution in [0.25, 0.3) is 0 Å². The normalized spacial score (nSPS) is 13.7. The van der Waals surface area contributed by atoms with E-state index >= 15 is 0 Å². The minimum absolute atomic E-state index is 0.0153. The zero-order valence-corrected chi connectivity index (χ0v) is 13.6. The number of hydrogen-bond donors (Lipinski definition) is 0. The second-order valence-corrected chi connectivity index (χ2v) is 5.17. The van der Waals surface area contributed by atoms with Gasteiger partial charge in [0.15, 0.2) is 12.4 Å². The molecule has 0 spiro atoms. The van der Waals surface area contributed by atoms with E-state index in [4.69, 9.17) is 14.0 Å². The summed E-state index contributed by atoms with van der Waals surface area (Å²) in [5, 5.41) is 3.61. The zero-order valence-electron chi connectivity index (χ0n) is 13.6. The first kappa shape index (κ1) is 20.0. The molecule has 1 aromatic carbocycles. The lowest BCUT2D eigenvalue weighted by Gasteiger charge is -2.14. The van der Waals surface area contributed by atoms with Gasteiger partial charge < -0.3 is 14.0 Å². The van der Waals surface area contributed by atoms with Gasteiger partial charge in [-0.15, -0.1) is 0 Å². The Hall–Kier alpha value is -2.30. The molecule has 0 fully saturated rings. The lowest BCUT2D eigenvalue weighted by atomic mass is 10.1. The van der Waals surface area contributed by atoms with Crippen molar-refractivity contribution in [3.05, 3.63) is 41.0 Å². The second kappa shape index (κ2) is 7.52. The molecule has 5 nitrogen and oxygen atoms in total. The van der Waals surface area contributed by atoms with Crippen LogP contribution in [0.1, 0.15) is 42.8 Å². The number of alkyl halides is 6. The maximum Gasteiger partial charge on any atom is 0.416 e. The molecule has 0 aliphatic rings. The van der Waals surface area contributed by atoms with Gasteiger partial charge in [-0.1, -0.05) is 5.16 Å². The maximum atomic E-state index is 12.8. The van der Waals surface area contributed by atoms with Gasteiger partial charge >= 0.3 is 12.4 Å². The Morgan fingerprint density at radius 2 is 1.62 bits per heavy atom. The van der Waals surface area contributed by atoms with Gasteiger partial charge in [-0.3, -0.25) is 0 Å². The highest BCUT2D eigenvalue weighted by Crippen LogP contribution is 2.38. The first-order valence-electron chi connectivity index (χ1n) is 7.37. The number of aromatic nitrogens is 2. The lowest BCUT2D eigenvalue weighted by molar-refractivity contribution is -0.143. The van der Waals surface area contributed by atoms with Crippen molar-refractivity contribution in [1.29, 1.82) is 0 Å². The van der Waals surface area contributed by atoms with Crippen molar-refractivity contribution in [1.82, 2.24) is 10.1 Å². The number of ether oxygens (including phenoxy) is 2. The molecule has 0 aliphatic carbocycles. The summed E-state index contributed by atoms with van der Waals surface area (Å²) in [5.41, 5.74) is -2.95. The molecule has 2 aromatic rings. The van der Waals surface area contributed by atoms with Gasteiger partial charge in [-0.25, -0.2) is 0 Å². The molecule has 1 heterocycles. The fourth-order valence-corrected chi connectivity index (χ4v) is 1.97. The van der Waals surface area contributed by atoms with E-state index in [0.717, 1.165) is 0 Å². The Morgan fingerprint density at radius 1 is 1.04 bits per heavy atom. The van der Waals surface area contributed by atoms with Crippen molar-refractivity contribution in [3.8, 4) is 5.75 Å². The predicted octanol–water partition coefficient (Wildman–Crippen LogP) is 4.78. The van der Waals surface area contributed by atoms with Gasteiger partial charge in [0.1, 0.15) is 11.9 Å². The number of benzene rings is 1. The molecule has 2 rings (SSSR count). The highest BCUT2D eigenvalue weighted by molar-refractivity contribution is 5.37. The molecule has 0 N–H and O–H groups in total. The third kappa shape index (κ3) is 5.10. The molecule has 0 saturated carbocycles. The van der Waals surface area contributed by atoms with Gasteiger partial charge in [0.2, 0.25) is 0 Å². The van der Waals surface area contributed by atoms with Crippen LogP contribution in [0.5, 0.6) is 5.75 Å². The van der Waals surface area contributed by atoms with Crippen molar-refractivity contribution < 1.29 is 40.3 Å². The summed E-state index contributed by atoms with van der Waals surface area (Å²) in [4.78, 5) is 3.91. The average molecular weight is 384 g/mol. The molecule has 11 heteroatoms. The van der Waals surface area contributed by atoms with E-state index in [1.54, 1.807) is 13.8 Å². The van der Waals surface area contributed by atoms with Crippen molar-refractivity contribution >= 4 is 0 Å². The van der Waals surface area contributed by atoms with Gasteiger partial charge in [0, 0.05) is 6.61 Å². The summed E-state index contributed by atoms with van der Waals surface area (Å²) < 4.78 is 91.8. The largest absolute Gasteiger partial charge is 0.484 e. The van der Waals surface area contributed by atoms with Crippen LogP contribution in [0.15, 0.2) is 22.7 Å². The van der Waals surface area contributed by atoms with Gasteiger partial charge in [0.25, 0.3) is 5.89 Å². The Morgan fingerprint density at radius 3 is 2.12 bits per heavy atom. The predicted molar refractivity (Wildman–Crippen MR) is 75.1 cm³/mol. The van der Waals surface area contributed by atoms with Crippen molar-refractivity contribution in [3.63, 3.8) is 0 Å². The molecule has 26 heavy (non-hydrogen) atoms. The maximum absolute atomic E-state index is 12.8. The third-order valence-electron chi connectivity index (χ3n) is 3.19. The van der Waals surface area contributed by atoms with Crippen molar-refractivity contribution in [2.24, 2.45) is 0 Å². The molecule has 0 aliphatic heterocycles. The van der Waals surface area contributed by atoms with Crippen molar-refractivity contribution in [2.45, 2.75) is 38.9 Å². The summed E-state index contributed by atoms with van der Waals surface area (Å²) in [7, 11) is 0. The van der Waals surface area contributed by atoms with Crippen LogP contribution in [-0.2, 0) is 23.7 Å². The minimum Gasteiger partial charge on any atom is -0.484 e. The number of halogens is 6. The van der Waals surface area contributed by atoms with E-state index in [2.05, 4.69) is 10.1 Å². The summed E-state index contributed by atoms with van der Waals surface area (Å²) >= 11 is 0. The Labute approximate surface area is 143 Å². The number of hydrogen-bond acceptors (Lipinski definition) is 5. The van der Waals surface area contributed by atoms with E-state index in [-0.39, 0.29) is 17.8 Å². The van der Waals surface area contributed by atoms with Crippen LogP contribution >= 0.6 is 0 Å². The highest BCUT2D eigenvalue weighted by atomic mass is 19.4. The fourth-order valence-electron chi connectivity index (χ4n) is 1.97. The topological polar surface area (TPSA) is 57.4 Å². The van der Waals surface area contributed by atoms with Crippen molar-refractivity contribution in [2.75, 3.05) is 6.61 Å². The quantitative estimate of drug-likeness (QED) is 0.671. The van der Waals surface area contributed by atoms with E-state index < -0.39 is 41.9 Å². The van der Waals surface area contributed by atoms with Crippen LogP contribution in [0.4, 0.5) is 26.3 Å². The summed E-state index contributed by atoms with van der Waals surface area (Å²) in [6.45, 7) is 3.31. The summed E-state index contributed by atoms with van der Waals surface area (Å²) in [6.07, 6.45) is -10.4. The van der Waals surface area contributed by atoms with Gasteiger partial charge in [-0.05, 0) is 32.0 Å². The SMILES string of the molecule is CCOC(C)c1noc(COc2cc(C(F)(F)F)cc(C(F)(F)F)c2)n1. The summed E-state index contributed by atoms with van der Waals surface area (Å²) in [5.74, 6) is -0.548. The van der Waals surface area contributed by atoms with Crippen LogP contribution < -0.4 is 4.74 Å². The third-order valence-corrected chi connectivity index (χ3v) is 3.19. The Kier molecular flexibility index (Phi) is 5.79. The van der Waals surface area contributed by atoms with Crippen LogP contribution in [0.2, 0.25) is 0 Å². The zero-order chi connectivity index (χ0) is 19.5. The van der Waals surface area contributed by atoms with E-state index in [9.17, 15) is 26.3 Å². The van der Waals surface area contributed by atoms with Gasteiger partial charge in [0.05, 0.1) is 11.1 Å². The molecule has 0 radical (unpaired) electrons. The molecule has 1 unspecified atom stereocenters. The first-order chi connectivity index (χ1) is 12.0. The molecular formula is C15H14F6N2O3. The van der Waals surface area contributed by atoms with E-state index in [1.165, 1.54) is 0 Å². The smallest absolute Gasteiger partial charge is 0.416 e. The Bertz CT molecular complexity index is 709. The molecule has 0 saturated heterocycles. The van der Waals surface area contributed by atoms with E-state index in [1.807, 2.05) is 0 Å². The molecule has 1 aromatic heterocycles. The van der Waals surface area contributed by atoms with Gasteiger partial charge in [-0.2, -0.15) is 31.3 Å². The molecule has 0 bridgehead atoms. The van der Waals surface area contributed by atoms with Crippen LogP contribution in [0, 0.1) is 0 Å². The second-order valence-electron chi connectivity index (χ2n) is 5.17. The fraction of sp³-hybridized carbons (Fsp3) is 0.467. The number of rotatable bonds is 6. The van der Waals surface area contributed by atoms with Crippen LogP contribution in [-0.4, -0.2) is 16.7 Å². The Balaban J connectivity index is 2.19. The first-order valence-corrected chi connectivity index (χ1v) is 7.37. The molecular weight excluding hydrogens is 370 g/mol. The number of nitrogens with zero attached hydrogens (tertiary/aromatic N) is 2.